The third kappa shape index (κ3) is 7.60. The predicted octanol–water partition coefficient (Wildman–Crippen LogP) is 3.57. The lowest BCUT2D eigenvalue weighted by molar-refractivity contribution is -0.122. The molecule has 5 nitrogen and oxygen atoms in total. The highest BCUT2D eigenvalue weighted by Gasteiger charge is 2.17. The Hall–Kier alpha value is -2.51. The lowest BCUT2D eigenvalue weighted by Crippen LogP contribution is -2.37. The van der Waals surface area contributed by atoms with E-state index in [2.05, 4.69) is 5.32 Å². The zero-order valence-corrected chi connectivity index (χ0v) is 17.7. The van der Waals surface area contributed by atoms with Crippen LogP contribution in [0.1, 0.15) is 42.4 Å². The maximum Gasteiger partial charge on any atom is 0.234 e. The van der Waals surface area contributed by atoms with Crippen LogP contribution < -0.4 is 10.1 Å². The van der Waals surface area contributed by atoms with Gasteiger partial charge in [0.15, 0.2) is 0 Å². The van der Waals surface area contributed by atoms with E-state index in [0.717, 1.165) is 48.6 Å². The summed E-state index contributed by atoms with van der Waals surface area (Å²) in [5.41, 5.74) is 2.45. The maximum atomic E-state index is 13.7. The molecule has 1 aliphatic heterocycles. The van der Waals surface area contributed by atoms with E-state index in [1.54, 1.807) is 0 Å². The monoisotopic (exact) mass is 432 g/mol. The van der Waals surface area contributed by atoms with Crippen molar-refractivity contribution in [1.29, 1.82) is 0 Å². The number of ether oxygens (including phenoxy) is 1. The molecule has 2 aromatic rings. The van der Waals surface area contributed by atoms with Crippen molar-refractivity contribution < 1.29 is 23.4 Å². The molecule has 3 rings (SSSR count). The molecular formula is C24H30F2N2O3. The smallest absolute Gasteiger partial charge is 0.234 e. The number of fused-ring (bicyclic) bond motifs is 1. The molecule has 0 saturated carbocycles. The topological polar surface area (TPSA) is 61.8 Å². The van der Waals surface area contributed by atoms with Crippen LogP contribution in [-0.2, 0) is 24.3 Å². The van der Waals surface area contributed by atoms with Crippen LogP contribution in [0, 0.1) is 11.6 Å². The SMILES string of the molecule is O=C1CN(Cc2cc(F)cc(F)c2)Cc2cc(CCCO)ccc2OCCCCCN1. The number of halogens is 2. The number of aliphatic hydroxyl groups is 1. The molecule has 2 N–H and O–H groups in total. The van der Waals surface area contributed by atoms with Crippen LogP contribution >= 0.6 is 0 Å². The highest BCUT2D eigenvalue weighted by molar-refractivity contribution is 5.78. The largest absolute Gasteiger partial charge is 0.493 e. The van der Waals surface area contributed by atoms with Gasteiger partial charge >= 0.3 is 0 Å². The molecule has 0 bridgehead atoms. The summed E-state index contributed by atoms with van der Waals surface area (Å²) in [4.78, 5) is 14.3. The second kappa shape index (κ2) is 11.8. The van der Waals surface area contributed by atoms with Gasteiger partial charge in [0, 0.05) is 37.9 Å². The molecule has 0 aromatic heterocycles. The molecule has 168 valence electrons. The molecular weight excluding hydrogens is 402 g/mol. The van der Waals surface area contributed by atoms with Crippen LogP contribution in [0.25, 0.3) is 0 Å². The first-order valence-corrected chi connectivity index (χ1v) is 10.8. The summed E-state index contributed by atoms with van der Waals surface area (Å²) in [7, 11) is 0. The van der Waals surface area contributed by atoms with Crippen LogP contribution in [0.5, 0.6) is 5.75 Å². The van der Waals surface area contributed by atoms with Crippen molar-refractivity contribution in [2.75, 3.05) is 26.3 Å². The fourth-order valence-corrected chi connectivity index (χ4v) is 3.78. The van der Waals surface area contributed by atoms with Gasteiger partial charge in [0.1, 0.15) is 17.4 Å². The van der Waals surface area contributed by atoms with E-state index in [0.29, 0.717) is 31.7 Å². The first kappa shape index (κ1) is 23.2. The molecule has 31 heavy (non-hydrogen) atoms. The van der Waals surface area contributed by atoms with Crippen molar-refractivity contribution in [3.05, 3.63) is 64.7 Å². The average molecular weight is 433 g/mol. The van der Waals surface area contributed by atoms with Crippen molar-refractivity contribution in [2.45, 2.75) is 45.2 Å². The Morgan fingerprint density at radius 1 is 1.00 bits per heavy atom. The van der Waals surface area contributed by atoms with Crippen LogP contribution in [0.3, 0.4) is 0 Å². The Morgan fingerprint density at radius 2 is 1.81 bits per heavy atom. The summed E-state index contributed by atoms with van der Waals surface area (Å²) in [6.07, 6.45) is 4.12. The number of aliphatic hydroxyl groups excluding tert-OH is 1. The molecule has 1 heterocycles. The fraction of sp³-hybridized carbons (Fsp3) is 0.458. The maximum absolute atomic E-state index is 13.7. The van der Waals surface area contributed by atoms with Gasteiger partial charge in [-0.05, 0) is 61.4 Å². The summed E-state index contributed by atoms with van der Waals surface area (Å²) in [6, 6.07) is 9.37. The Labute approximate surface area is 182 Å². The number of carbonyl (C=O) groups excluding carboxylic acids is 1. The standard InChI is InChI=1S/C24H30F2N2O3/c25-21-12-19(13-22(26)14-21)15-28-16-20-11-18(5-4-9-29)6-7-23(20)31-10-3-1-2-8-27-24(30)17-28/h6-7,11-14,29H,1-5,8-10,15-17H2,(H,27,30). The van der Waals surface area contributed by atoms with E-state index in [9.17, 15) is 13.6 Å². The normalized spacial score (nSPS) is 16.3. The molecule has 0 unspecified atom stereocenters. The van der Waals surface area contributed by atoms with Gasteiger partial charge in [-0.25, -0.2) is 8.78 Å². The highest BCUT2D eigenvalue weighted by atomic mass is 19.1. The molecule has 0 saturated heterocycles. The van der Waals surface area contributed by atoms with Crippen molar-refractivity contribution in [1.82, 2.24) is 10.2 Å². The molecule has 1 amide bonds. The summed E-state index contributed by atoms with van der Waals surface area (Å²) < 4.78 is 33.4. The Bertz CT molecular complexity index is 856. The first-order chi connectivity index (χ1) is 15.0. The Morgan fingerprint density at radius 3 is 2.58 bits per heavy atom. The number of carbonyl (C=O) groups is 1. The molecule has 0 fully saturated rings. The molecule has 2 aromatic carbocycles. The number of benzene rings is 2. The third-order valence-electron chi connectivity index (χ3n) is 5.24. The minimum absolute atomic E-state index is 0.110. The van der Waals surface area contributed by atoms with Gasteiger partial charge in [0.2, 0.25) is 5.91 Å². The van der Waals surface area contributed by atoms with Crippen molar-refractivity contribution >= 4 is 5.91 Å². The van der Waals surface area contributed by atoms with E-state index in [4.69, 9.17) is 9.84 Å². The lowest BCUT2D eigenvalue weighted by Gasteiger charge is -2.24. The molecule has 0 aliphatic carbocycles. The summed E-state index contributed by atoms with van der Waals surface area (Å²) in [5.74, 6) is -0.640. The van der Waals surface area contributed by atoms with Gasteiger partial charge in [-0.15, -0.1) is 0 Å². The van der Waals surface area contributed by atoms with Gasteiger partial charge in [-0.1, -0.05) is 12.1 Å². The van der Waals surface area contributed by atoms with Crippen molar-refractivity contribution in [2.24, 2.45) is 0 Å². The van der Waals surface area contributed by atoms with Crippen LogP contribution in [0.15, 0.2) is 36.4 Å². The lowest BCUT2D eigenvalue weighted by atomic mass is 10.0. The Balaban J connectivity index is 1.88. The minimum atomic E-state index is -0.639. The predicted molar refractivity (Wildman–Crippen MR) is 115 cm³/mol. The van der Waals surface area contributed by atoms with Gasteiger partial charge in [0.25, 0.3) is 0 Å². The van der Waals surface area contributed by atoms with Crippen LogP contribution in [-0.4, -0.2) is 42.2 Å². The van der Waals surface area contributed by atoms with Gasteiger partial charge in [-0.2, -0.15) is 0 Å². The minimum Gasteiger partial charge on any atom is -0.493 e. The molecule has 1 aliphatic rings. The summed E-state index contributed by atoms with van der Waals surface area (Å²) in [6.45, 7) is 2.03. The summed E-state index contributed by atoms with van der Waals surface area (Å²) >= 11 is 0. The first-order valence-electron chi connectivity index (χ1n) is 10.8. The van der Waals surface area contributed by atoms with E-state index in [1.807, 2.05) is 23.1 Å². The van der Waals surface area contributed by atoms with Gasteiger partial charge < -0.3 is 15.2 Å². The number of nitrogens with zero attached hydrogens (tertiary/aromatic N) is 1. The van der Waals surface area contributed by atoms with Gasteiger partial charge in [0.05, 0.1) is 13.2 Å². The Kier molecular flexibility index (Phi) is 8.79. The number of nitrogens with one attached hydrogen (secondary N) is 1. The molecule has 7 heteroatoms. The van der Waals surface area contributed by atoms with E-state index in [1.165, 1.54) is 12.1 Å². The number of rotatable bonds is 5. The number of hydrogen-bond donors (Lipinski definition) is 2. The molecule has 0 spiro atoms. The number of amides is 1. The van der Waals surface area contributed by atoms with E-state index < -0.39 is 11.6 Å². The number of aryl methyl sites for hydroxylation is 1. The second-order valence-electron chi connectivity index (χ2n) is 7.95. The molecule has 0 atom stereocenters. The van der Waals surface area contributed by atoms with Crippen LogP contribution in [0.4, 0.5) is 8.78 Å². The molecule has 0 radical (unpaired) electrons. The van der Waals surface area contributed by atoms with Crippen LogP contribution in [0.2, 0.25) is 0 Å². The zero-order chi connectivity index (χ0) is 22.1. The third-order valence-corrected chi connectivity index (χ3v) is 5.24. The highest BCUT2D eigenvalue weighted by Crippen LogP contribution is 2.24. The number of hydrogen-bond acceptors (Lipinski definition) is 4. The quantitative estimate of drug-likeness (QED) is 0.758. The van der Waals surface area contributed by atoms with E-state index in [-0.39, 0.29) is 25.6 Å². The van der Waals surface area contributed by atoms with E-state index >= 15 is 0 Å². The second-order valence-corrected chi connectivity index (χ2v) is 7.95. The fourth-order valence-electron chi connectivity index (χ4n) is 3.78. The van der Waals surface area contributed by atoms with Gasteiger partial charge in [-0.3, -0.25) is 9.69 Å². The average Bonchev–Trinajstić information content (AvgIpc) is 2.72. The van der Waals surface area contributed by atoms with Crippen molar-refractivity contribution in [3.8, 4) is 5.75 Å². The zero-order valence-electron chi connectivity index (χ0n) is 17.7. The summed E-state index contributed by atoms with van der Waals surface area (Å²) in [5, 5.41) is 12.1. The van der Waals surface area contributed by atoms with Crippen molar-refractivity contribution in [3.63, 3.8) is 0 Å².